The molecule has 1 saturated heterocycles. The molecule has 1 aliphatic heterocycles. The van der Waals surface area contributed by atoms with Crippen LogP contribution in [0, 0.1) is 0 Å². The Hall–Kier alpha value is -1.74. The van der Waals surface area contributed by atoms with E-state index in [2.05, 4.69) is 34.6 Å². The molecule has 0 radical (unpaired) electrons. The monoisotopic (exact) mass is 239 g/mol. The van der Waals surface area contributed by atoms with Crippen molar-refractivity contribution in [3.63, 3.8) is 0 Å². The first-order valence-electron chi connectivity index (χ1n) is 6.50. The zero-order valence-corrected chi connectivity index (χ0v) is 10.3. The molecule has 0 bridgehead atoms. The minimum absolute atomic E-state index is 0.397. The van der Waals surface area contributed by atoms with Crippen LogP contribution in [0.3, 0.4) is 0 Å². The molecule has 1 aromatic heterocycles. The average molecular weight is 239 g/mol. The molecule has 2 aromatic rings. The number of benzene rings is 1. The normalized spacial score (nSPS) is 19.0. The zero-order chi connectivity index (χ0) is 12.2. The van der Waals surface area contributed by atoms with Gasteiger partial charge in [0, 0.05) is 18.8 Å². The van der Waals surface area contributed by atoms with E-state index in [4.69, 9.17) is 4.98 Å². The summed E-state index contributed by atoms with van der Waals surface area (Å²) in [5, 5.41) is 3.46. The molecule has 3 rings (SSSR count). The Morgan fingerprint density at radius 2 is 2.06 bits per heavy atom. The van der Waals surface area contributed by atoms with Crippen molar-refractivity contribution in [3.8, 4) is 0 Å². The van der Waals surface area contributed by atoms with Crippen molar-refractivity contribution in [2.75, 3.05) is 6.54 Å². The maximum Gasteiger partial charge on any atom is 0.0759 e. The van der Waals surface area contributed by atoms with E-state index in [0.29, 0.717) is 6.04 Å². The van der Waals surface area contributed by atoms with Gasteiger partial charge in [0.15, 0.2) is 0 Å². The van der Waals surface area contributed by atoms with Crippen molar-refractivity contribution in [2.45, 2.75) is 25.3 Å². The third-order valence-corrected chi connectivity index (χ3v) is 3.35. The Labute approximate surface area is 107 Å². The van der Waals surface area contributed by atoms with Crippen molar-refractivity contribution in [1.29, 1.82) is 0 Å². The first-order chi connectivity index (χ1) is 8.92. The van der Waals surface area contributed by atoms with Crippen LogP contribution in [-0.2, 0) is 6.42 Å². The van der Waals surface area contributed by atoms with Gasteiger partial charge >= 0.3 is 0 Å². The van der Waals surface area contributed by atoms with Crippen molar-refractivity contribution in [1.82, 2.24) is 15.3 Å². The summed E-state index contributed by atoms with van der Waals surface area (Å²) in [6.07, 6.45) is 7.01. The number of aromatic nitrogens is 2. The van der Waals surface area contributed by atoms with Crippen LogP contribution in [0.4, 0.5) is 0 Å². The summed E-state index contributed by atoms with van der Waals surface area (Å²) in [5.41, 5.74) is 3.41. The first-order valence-corrected chi connectivity index (χ1v) is 6.50. The van der Waals surface area contributed by atoms with Gasteiger partial charge in [-0.1, -0.05) is 30.3 Å². The molecule has 0 saturated carbocycles. The second-order valence-corrected chi connectivity index (χ2v) is 4.75. The van der Waals surface area contributed by atoms with Gasteiger partial charge in [0.25, 0.3) is 0 Å². The van der Waals surface area contributed by atoms with Crippen LogP contribution in [0.15, 0.2) is 42.7 Å². The number of rotatable bonds is 3. The summed E-state index contributed by atoms with van der Waals surface area (Å²) in [6, 6.07) is 10.8. The summed E-state index contributed by atoms with van der Waals surface area (Å²) in [5.74, 6) is 0. The molecule has 3 heteroatoms. The molecule has 1 aromatic carbocycles. The summed E-state index contributed by atoms with van der Waals surface area (Å²) < 4.78 is 0. The van der Waals surface area contributed by atoms with E-state index in [9.17, 15) is 0 Å². The lowest BCUT2D eigenvalue weighted by Gasteiger charge is -2.10. The van der Waals surface area contributed by atoms with E-state index in [0.717, 1.165) is 24.4 Å². The zero-order valence-electron chi connectivity index (χ0n) is 10.3. The van der Waals surface area contributed by atoms with Gasteiger partial charge in [0.05, 0.1) is 17.4 Å². The predicted octanol–water partition coefficient (Wildman–Crippen LogP) is 2.49. The lowest BCUT2D eigenvalue weighted by Crippen LogP contribution is -2.15. The third kappa shape index (κ3) is 2.57. The largest absolute Gasteiger partial charge is 0.309 e. The Bertz CT molecular complexity index is 504. The van der Waals surface area contributed by atoms with Gasteiger partial charge in [-0.15, -0.1) is 0 Å². The van der Waals surface area contributed by atoms with Gasteiger partial charge in [-0.2, -0.15) is 0 Å². The third-order valence-electron chi connectivity index (χ3n) is 3.35. The van der Waals surface area contributed by atoms with E-state index in [1.165, 1.54) is 18.4 Å². The molecule has 1 fully saturated rings. The molecule has 92 valence electrons. The van der Waals surface area contributed by atoms with E-state index in [1.807, 2.05) is 18.5 Å². The van der Waals surface area contributed by atoms with Crippen LogP contribution in [-0.4, -0.2) is 16.5 Å². The minimum atomic E-state index is 0.397. The summed E-state index contributed by atoms with van der Waals surface area (Å²) in [7, 11) is 0. The highest BCUT2D eigenvalue weighted by atomic mass is 15.0. The molecule has 1 atom stereocenters. The molecule has 0 aliphatic carbocycles. The standard InChI is InChI=1S/C15H17N3/c1-2-5-12(6-3-1)9-13-10-16-11-15(18-13)14-7-4-8-17-14/h1-3,5-6,10-11,14,17H,4,7-9H2/t14-/m0/s1. The molecule has 3 nitrogen and oxygen atoms in total. The molecule has 1 aliphatic rings. The maximum absolute atomic E-state index is 4.73. The fourth-order valence-electron chi connectivity index (χ4n) is 2.42. The average Bonchev–Trinajstić information content (AvgIpc) is 2.94. The Balaban J connectivity index is 1.78. The number of hydrogen-bond donors (Lipinski definition) is 1. The van der Waals surface area contributed by atoms with Crippen molar-refractivity contribution in [3.05, 3.63) is 59.7 Å². The van der Waals surface area contributed by atoms with Gasteiger partial charge in [-0.25, -0.2) is 0 Å². The second-order valence-electron chi connectivity index (χ2n) is 4.75. The maximum atomic E-state index is 4.73. The highest BCUT2D eigenvalue weighted by Gasteiger charge is 2.17. The van der Waals surface area contributed by atoms with Crippen molar-refractivity contribution < 1.29 is 0 Å². The summed E-state index contributed by atoms with van der Waals surface area (Å²) in [4.78, 5) is 9.05. The van der Waals surface area contributed by atoms with E-state index < -0.39 is 0 Å². The van der Waals surface area contributed by atoms with Crippen molar-refractivity contribution in [2.24, 2.45) is 0 Å². The SMILES string of the molecule is c1ccc(Cc2cncc([C@@H]3CCCN3)n2)cc1. The molecule has 1 N–H and O–H groups in total. The minimum Gasteiger partial charge on any atom is -0.309 e. The van der Waals surface area contributed by atoms with E-state index in [-0.39, 0.29) is 0 Å². The molecular weight excluding hydrogens is 222 g/mol. The van der Waals surface area contributed by atoms with Crippen LogP contribution < -0.4 is 5.32 Å². The van der Waals surface area contributed by atoms with Crippen LogP contribution in [0.1, 0.15) is 35.8 Å². The van der Waals surface area contributed by atoms with Gasteiger partial charge in [0.1, 0.15) is 0 Å². The first kappa shape index (κ1) is 11.4. The van der Waals surface area contributed by atoms with E-state index in [1.54, 1.807) is 0 Å². The summed E-state index contributed by atoms with van der Waals surface area (Å²) >= 11 is 0. The van der Waals surface area contributed by atoms with Crippen molar-refractivity contribution >= 4 is 0 Å². The van der Waals surface area contributed by atoms with Gasteiger partial charge in [-0.3, -0.25) is 9.97 Å². The molecule has 0 unspecified atom stereocenters. The lowest BCUT2D eigenvalue weighted by molar-refractivity contribution is 0.620. The van der Waals surface area contributed by atoms with Crippen LogP contribution in [0.2, 0.25) is 0 Å². The topological polar surface area (TPSA) is 37.8 Å². The second kappa shape index (κ2) is 5.27. The lowest BCUT2D eigenvalue weighted by atomic mass is 10.1. The molecule has 0 amide bonds. The highest BCUT2D eigenvalue weighted by molar-refractivity contribution is 5.21. The predicted molar refractivity (Wildman–Crippen MR) is 71.3 cm³/mol. The Morgan fingerprint density at radius 3 is 2.83 bits per heavy atom. The quantitative estimate of drug-likeness (QED) is 0.894. The number of nitrogens with one attached hydrogen (secondary N) is 1. The Morgan fingerprint density at radius 1 is 1.17 bits per heavy atom. The van der Waals surface area contributed by atoms with Crippen LogP contribution in [0.5, 0.6) is 0 Å². The van der Waals surface area contributed by atoms with Gasteiger partial charge < -0.3 is 5.32 Å². The molecule has 2 heterocycles. The number of nitrogens with zero attached hydrogens (tertiary/aromatic N) is 2. The Kier molecular flexibility index (Phi) is 3.33. The highest BCUT2D eigenvalue weighted by Crippen LogP contribution is 2.20. The van der Waals surface area contributed by atoms with Crippen LogP contribution >= 0.6 is 0 Å². The molecular formula is C15H17N3. The molecule has 18 heavy (non-hydrogen) atoms. The number of hydrogen-bond acceptors (Lipinski definition) is 3. The fourth-order valence-corrected chi connectivity index (χ4v) is 2.42. The van der Waals surface area contributed by atoms with Crippen LogP contribution in [0.25, 0.3) is 0 Å². The molecule has 0 spiro atoms. The summed E-state index contributed by atoms with van der Waals surface area (Å²) in [6.45, 7) is 1.09. The van der Waals surface area contributed by atoms with Gasteiger partial charge in [0.2, 0.25) is 0 Å². The smallest absolute Gasteiger partial charge is 0.0759 e. The van der Waals surface area contributed by atoms with Gasteiger partial charge in [-0.05, 0) is 24.9 Å². The fraction of sp³-hybridized carbons (Fsp3) is 0.333. The van der Waals surface area contributed by atoms with E-state index >= 15 is 0 Å².